The summed E-state index contributed by atoms with van der Waals surface area (Å²) in [5.74, 6) is 1.73. The van der Waals surface area contributed by atoms with E-state index < -0.39 is 5.54 Å². The lowest BCUT2D eigenvalue weighted by molar-refractivity contribution is -0.166. The van der Waals surface area contributed by atoms with Crippen LogP contribution < -0.4 is 9.47 Å². The molecule has 7 nitrogen and oxygen atoms in total. The molecule has 0 bridgehead atoms. The van der Waals surface area contributed by atoms with E-state index in [1.54, 1.807) is 9.80 Å². The fourth-order valence-corrected chi connectivity index (χ4v) is 5.91. The van der Waals surface area contributed by atoms with Gasteiger partial charge in [0, 0.05) is 29.9 Å². The van der Waals surface area contributed by atoms with Gasteiger partial charge < -0.3 is 24.3 Å². The van der Waals surface area contributed by atoms with Crippen molar-refractivity contribution in [2.45, 2.75) is 58.9 Å². The van der Waals surface area contributed by atoms with E-state index in [0.717, 1.165) is 46.3 Å². The number of aromatic amines is 1. The van der Waals surface area contributed by atoms with Crippen LogP contribution in [0.3, 0.4) is 0 Å². The van der Waals surface area contributed by atoms with Crippen molar-refractivity contribution >= 4 is 22.7 Å². The second kappa shape index (κ2) is 10.4. The molecule has 1 N–H and O–H groups in total. The van der Waals surface area contributed by atoms with Gasteiger partial charge in [0.15, 0.2) is 17.0 Å². The number of nitrogens with zero attached hydrogens (tertiary/aromatic N) is 2. The summed E-state index contributed by atoms with van der Waals surface area (Å²) in [5, 5.41) is 1.08. The largest absolute Gasteiger partial charge is 0.490 e. The van der Waals surface area contributed by atoms with E-state index in [2.05, 4.69) is 37.9 Å². The van der Waals surface area contributed by atoms with Crippen molar-refractivity contribution in [3.8, 4) is 11.5 Å². The summed E-state index contributed by atoms with van der Waals surface area (Å²) in [5.41, 5.74) is 2.82. The smallest absolute Gasteiger partial charge is 0.254 e. The number of ether oxygens (including phenoxy) is 2. The molecule has 2 aliphatic rings. The lowest BCUT2D eigenvalue weighted by Crippen LogP contribution is -2.67. The molecule has 0 spiro atoms. The van der Waals surface area contributed by atoms with E-state index in [1.807, 2.05) is 44.2 Å². The van der Waals surface area contributed by atoms with Crippen LogP contribution in [0, 0.1) is 5.92 Å². The zero-order valence-corrected chi connectivity index (χ0v) is 23.2. The lowest BCUT2D eigenvalue weighted by atomic mass is 9.76. The second-order valence-electron chi connectivity index (χ2n) is 11.0. The fourth-order valence-electron chi connectivity index (χ4n) is 5.91. The highest BCUT2D eigenvalue weighted by Crippen LogP contribution is 2.49. The van der Waals surface area contributed by atoms with Gasteiger partial charge in [0.1, 0.15) is 0 Å². The Hall–Kier alpha value is -3.48. The lowest BCUT2D eigenvalue weighted by Gasteiger charge is -2.51. The summed E-state index contributed by atoms with van der Waals surface area (Å²) in [7, 11) is 0. The van der Waals surface area contributed by atoms with Gasteiger partial charge in [-0.15, -0.1) is 0 Å². The summed E-state index contributed by atoms with van der Waals surface area (Å²) in [6.07, 6.45) is 1.77. The van der Waals surface area contributed by atoms with Crippen LogP contribution in [0.15, 0.2) is 42.5 Å². The third kappa shape index (κ3) is 4.32. The monoisotopic (exact) mass is 517 g/mol. The summed E-state index contributed by atoms with van der Waals surface area (Å²) < 4.78 is 11.9. The van der Waals surface area contributed by atoms with Crippen molar-refractivity contribution in [3.05, 3.63) is 59.3 Å². The molecule has 3 heterocycles. The van der Waals surface area contributed by atoms with Gasteiger partial charge in [-0.2, -0.15) is 0 Å². The van der Waals surface area contributed by atoms with E-state index in [1.165, 1.54) is 0 Å². The first kappa shape index (κ1) is 26.1. The SMILES string of the molecule is CCCOc1ccc(C2CN3C(=O)CN(CCC(C)C)C(=O)[C@]3(C)c3[nH]c4ccccc4c32)cc1OCC. The number of fused-ring (bicyclic) bond motifs is 5. The number of carbonyl (C=O) groups excluding carboxylic acids is 2. The Balaban J connectivity index is 1.64. The standard InChI is InChI=1S/C31H39N3O4/c1-6-16-38-25-13-12-21(17-26(25)37-7-2)23-18-34-27(35)19-33(15-14-20(3)4)30(36)31(34,5)29-28(23)22-10-8-9-11-24(22)32-29/h8-13,17,20,23,32H,6-7,14-16,18-19H2,1-5H3/t23?,31-/m0/s1. The van der Waals surface area contributed by atoms with E-state index in [0.29, 0.717) is 38.0 Å². The zero-order valence-electron chi connectivity index (χ0n) is 23.2. The third-order valence-corrected chi connectivity index (χ3v) is 7.93. The number of amides is 2. The van der Waals surface area contributed by atoms with Crippen LogP contribution in [0.4, 0.5) is 0 Å². The molecule has 2 aliphatic heterocycles. The highest BCUT2D eigenvalue weighted by molar-refractivity contribution is 6.01. The maximum absolute atomic E-state index is 14.1. The van der Waals surface area contributed by atoms with Crippen LogP contribution in [0.25, 0.3) is 10.9 Å². The fraction of sp³-hybridized carbons (Fsp3) is 0.484. The Labute approximate surface area is 225 Å². The minimum absolute atomic E-state index is 0.0117. The zero-order chi connectivity index (χ0) is 27.0. The number of hydrogen-bond donors (Lipinski definition) is 1. The van der Waals surface area contributed by atoms with Crippen molar-refractivity contribution in [1.82, 2.24) is 14.8 Å². The quantitative estimate of drug-likeness (QED) is 0.411. The molecule has 0 saturated carbocycles. The van der Waals surface area contributed by atoms with Crippen LogP contribution in [0.2, 0.25) is 0 Å². The first-order valence-electron chi connectivity index (χ1n) is 13.9. The molecule has 2 amide bonds. The van der Waals surface area contributed by atoms with Gasteiger partial charge in [0.25, 0.3) is 5.91 Å². The summed E-state index contributed by atoms with van der Waals surface area (Å²) in [6.45, 7) is 12.5. The van der Waals surface area contributed by atoms with E-state index in [-0.39, 0.29) is 24.3 Å². The normalized spacial score (nSPS) is 21.2. The number of nitrogens with one attached hydrogen (secondary N) is 1. The average molecular weight is 518 g/mol. The molecule has 2 aromatic carbocycles. The predicted octanol–water partition coefficient (Wildman–Crippen LogP) is 5.43. The number of benzene rings is 2. The Kier molecular flexibility index (Phi) is 7.12. The molecule has 1 aromatic heterocycles. The number of H-pyrrole nitrogens is 1. The maximum atomic E-state index is 14.1. The van der Waals surface area contributed by atoms with E-state index >= 15 is 0 Å². The van der Waals surface area contributed by atoms with Crippen LogP contribution in [-0.2, 0) is 15.1 Å². The van der Waals surface area contributed by atoms with Crippen LogP contribution >= 0.6 is 0 Å². The van der Waals surface area contributed by atoms with Gasteiger partial charge in [0.2, 0.25) is 5.91 Å². The Morgan fingerprint density at radius 1 is 1.08 bits per heavy atom. The maximum Gasteiger partial charge on any atom is 0.254 e. The molecule has 0 radical (unpaired) electrons. The number of piperazine rings is 1. The minimum atomic E-state index is -1.08. The molecular formula is C31H39N3O4. The molecule has 5 rings (SSSR count). The van der Waals surface area contributed by atoms with Crippen molar-refractivity contribution in [1.29, 1.82) is 0 Å². The molecule has 1 unspecified atom stereocenters. The second-order valence-corrected chi connectivity index (χ2v) is 11.0. The Morgan fingerprint density at radius 2 is 1.87 bits per heavy atom. The molecule has 3 aromatic rings. The van der Waals surface area contributed by atoms with Gasteiger partial charge in [0.05, 0.1) is 25.5 Å². The summed E-state index contributed by atoms with van der Waals surface area (Å²) in [6, 6.07) is 14.2. The number of para-hydroxylation sites is 1. The Morgan fingerprint density at radius 3 is 2.61 bits per heavy atom. The van der Waals surface area contributed by atoms with Crippen LogP contribution in [-0.4, -0.2) is 59.4 Å². The van der Waals surface area contributed by atoms with Crippen LogP contribution in [0.1, 0.15) is 70.2 Å². The number of hydrogen-bond acceptors (Lipinski definition) is 4. The van der Waals surface area contributed by atoms with Gasteiger partial charge in [-0.25, -0.2) is 0 Å². The molecule has 7 heteroatoms. The van der Waals surface area contributed by atoms with Gasteiger partial charge in [-0.1, -0.05) is 45.0 Å². The highest BCUT2D eigenvalue weighted by Gasteiger charge is 2.56. The van der Waals surface area contributed by atoms with E-state index in [9.17, 15) is 9.59 Å². The molecule has 1 saturated heterocycles. The average Bonchev–Trinajstić information content (AvgIpc) is 3.30. The molecule has 202 valence electrons. The van der Waals surface area contributed by atoms with Crippen molar-refractivity contribution < 1.29 is 19.1 Å². The van der Waals surface area contributed by atoms with Crippen molar-refractivity contribution in [2.24, 2.45) is 5.92 Å². The third-order valence-electron chi connectivity index (χ3n) is 7.93. The molecule has 2 atom stereocenters. The molecule has 38 heavy (non-hydrogen) atoms. The van der Waals surface area contributed by atoms with Gasteiger partial charge >= 0.3 is 0 Å². The molecule has 1 fully saturated rings. The first-order chi connectivity index (χ1) is 18.3. The molecular weight excluding hydrogens is 478 g/mol. The van der Waals surface area contributed by atoms with E-state index in [4.69, 9.17) is 9.47 Å². The van der Waals surface area contributed by atoms with Crippen LogP contribution in [0.5, 0.6) is 11.5 Å². The molecule has 0 aliphatic carbocycles. The van der Waals surface area contributed by atoms with Crippen molar-refractivity contribution in [3.63, 3.8) is 0 Å². The highest BCUT2D eigenvalue weighted by atomic mass is 16.5. The van der Waals surface area contributed by atoms with Gasteiger partial charge in [-0.3, -0.25) is 9.59 Å². The van der Waals surface area contributed by atoms with Crippen molar-refractivity contribution in [2.75, 3.05) is 32.8 Å². The number of aromatic nitrogens is 1. The first-order valence-corrected chi connectivity index (χ1v) is 13.9. The summed E-state index contributed by atoms with van der Waals surface area (Å²) in [4.78, 5) is 34.9. The predicted molar refractivity (Wildman–Crippen MR) is 149 cm³/mol. The summed E-state index contributed by atoms with van der Waals surface area (Å²) >= 11 is 0. The minimum Gasteiger partial charge on any atom is -0.490 e. The number of rotatable bonds is 9. The number of carbonyl (C=O) groups is 2. The topological polar surface area (TPSA) is 74.9 Å². The Bertz CT molecular complexity index is 1350. The van der Waals surface area contributed by atoms with Gasteiger partial charge in [-0.05, 0) is 61.9 Å².